The first-order valence-corrected chi connectivity index (χ1v) is 11.5. The maximum absolute atomic E-state index is 12.9. The summed E-state index contributed by atoms with van der Waals surface area (Å²) in [4.78, 5) is 38.8. The van der Waals surface area contributed by atoms with Crippen molar-refractivity contribution in [3.05, 3.63) is 61.0 Å². The lowest BCUT2D eigenvalue weighted by Gasteiger charge is -2.30. The summed E-state index contributed by atoms with van der Waals surface area (Å²) in [6.07, 6.45) is 2.24. The number of H-pyrrole nitrogens is 1. The quantitative estimate of drug-likeness (QED) is 0.407. The smallest absolute Gasteiger partial charge is 0.404 e. The average molecular weight is 505 g/mol. The van der Waals surface area contributed by atoms with Crippen molar-refractivity contribution < 1.29 is 14.7 Å². The lowest BCUT2D eigenvalue weighted by molar-refractivity contribution is 0.0950. The Hall–Kier alpha value is -2.81. The van der Waals surface area contributed by atoms with Crippen LogP contribution in [-0.4, -0.2) is 34.2 Å². The highest BCUT2D eigenvalue weighted by Crippen LogP contribution is 2.29. The molecule has 172 valence electrons. The molecule has 0 bridgehead atoms. The minimum Gasteiger partial charge on any atom is -0.465 e. The number of carboxylic acid groups (broad SMARTS) is 1. The van der Waals surface area contributed by atoms with Gasteiger partial charge >= 0.3 is 6.09 Å². The normalized spacial score (nSPS) is 18.1. The van der Waals surface area contributed by atoms with Crippen LogP contribution in [0.25, 0.3) is 0 Å². The number of amides is 2. The molecule has 1 aliphatic carbocycles. The molecule has 1 aromatic carbocycles. The molecule has 3 rings (SSSR count). The summed E-state index contributed by atoms with van der Waals surface area (Å²) in [5, 5.41) is 17.8. The summed E-state index contributed by atoms with van der Waals surface area (Å²) in [5.74, 6) is -0.249. The zero-order valence-corrected chi connectivity index (χ0v) is 20.1. The van der Waals surface area contributed by atoms with E-state index in [2.05, 4.69) is 36.9 Å². The number of aryl methyl sites for hydroxylation is 2. The molecule has 32 heavy (non-hydrogen) atoms. The van der Waals surface area contributed by atoms with Crippen LogP contribution in [0.15, 0.2) is 27.5 Å². The van der Waals surface area contributed by atoms with Crippen molar-refractivity contribution in [2.75, 3.05) is 5.32 Å². The number of hydrogen-bond acceptors (Lipinski definition) is 4. The maximum Gasteiger partial charge on any atom is 0.404 e. The van der Waals surface area contributed by atoms with Crippen LogP contribution in [0.2, 0.25) is 0 Å². The van der Waals surface area contributed by atoms with E-state index in [-0.39, 0.29) is 30.1 Å². The highest BCUT2D eigenvalue weighted by Gasteiger charge is 2.23. The molecule has 8 nitrogen and oxygen atoms in total. The van der Waals surface area contributed by atoms with Gasteiger partial charge in [0.05, 0.1) is 0 Å². The summed E-state index contributed by atoms with van der Waals surface area (Å²) >= 11 is 3.49. The van der Waals surface area contributed by atoms with Crippen molar-refractivity contribution in [2.24, 2.45) is 0 Å². The number of anilines is 1. The van der Waals surface area contributed by atoms with Crippen molar-refractivity contribution in [3.8, 4) is 0 Å². The summed E-state index contributed by atoms with van der Waals surface area (Å²) in [5.41, 5.74) is 4.20. The van der Waals surface area contributed by atoms with E-state index in [1.54, 1.807) is 6.07 Å². The van der Waals surface area contributed by atoms with E-state index >= 15 is 0 Å². The van der Waals surface area contributed by atoms with E-state index in [4.69, 9.17) is 5.11 Å². The summed E-state index contributed by atoms with van der Waals surface area (Å²) < 4.78 is 0.779. The molecular formula is C23H29BrN4O4. The highest BCUT2D eigenvalue weighted by molar-refractivity contribution is 9.10. The minimum absolute atomic E-state index is 0.0103. The molecule has 2 amide bonds. The Balaban J connectivity index is 1.69. The third kappa shape index (κ3) is 5.91. The molecule has 1 fully saturated rings. The highest BCUT2D eigenvalue weighted by atomic mass is 79.9. The topological polar surface area (TPSA) is 123 Å². The van der Waals surface area contributed by atoms with Gasteiger partial charge < -0.3 is 26.0 Å². The van der Waals surface area contributed by atoms with Gasteiger partial charge in [-0.25, -0.2) is 4.79 Å². The number of carbonyl (C=O) groups is 2. The lowest BCUT2D eigenvalue weighted by atomic mass is 9.90. The van der Waals surface area contributed by atoms with Gasteiger partial charge in [0.25, 0.3) is 11.5 Å². The predicted molar refractivity (Wildman–Crippen MR) is 127 cm³/mol. The summed E-state index contributed by atoms with van der Waals surface area (Å²) in [7, 11) is 0. The first-order chi connectivity index (χ1) is 15.1. The van der Waals surface area contributed by atoms with Gasteiger partial charge in [0, 0.05) is 45.6 Å². The van der Waals surface area contributed by atoms with Crippen molar-refractivity contribution >= 4 is 33.6 Å². The fraction of sp³-hybridized carbons (Fsp3) is 0.435. The predicted octanol–water partition coefficient (Wildman–Crippen LogP) is 3.98. The number of halogens is 1. The van der Waals surface area contributed by atoms with E-state index in [9.17, 15) is 14.4 Å². The van der Waals surface area contributed by atoms with E-state index in [0.29, 0.717) is 11.1 Å². The van der Waals surface area contributed by atoms with Gasteiger partial charge in [0.1, 0.15) is 0 Å². The monoisotopic (exact) mass is 504 g/mol. The standard InChI is InChI=1S/C23H29BrN4O4/c1-12-8-13(2)26-22(30)19(12)11-25-21(29)18-9-15(24)10-20(14(18)3)27-16-4-6-17(7-5-16)28-23(31)32/h8-10,16-17,27-28H,4-7,11H2,1-3H3,(H,25,29)(H,26,30)(H,31,32)/t16-,17-. The number of aromatic nitrogens is 1. The Morgan fingerprint density at radius 3 is 2.38 bits per heavy atom. The average Bonchev–Trinajstić information content (AvgIpc) is 2.70. The molecule has 0 radical (unpaired) electrons. The Bertz CT molecular complexity index is 1070. The molecule has 0 saturated heterocycles. The summed E-state index contributed by atoms with van der Waals surface area (Å²) in [6.45, 7) is 5.73. The SMILES string of the molecule is Cc1cc(C)c(CNC(=O)c2cc(Br)cc(N[C@H]3CC[C@H](NC(=O)O)CC3)c2C)c(=O)[nH]1. The van der Waals surface area contributed by atoms with Crippen LogP contribution in [0.1, 0.15) is 58.4 Å². The Morgan fingerprint density at radius 2 is 1.75 bits per heavy atom. The lowest BCUT2D eigenvalue weighted by Crippen LogP contribution is -2.39. The van der Waals surface area contributed by atoms with Crippen LogP contribution in [0, 0.1) is 20.8 Å². The Labute approximate surface area is 195 Å². The fourth-order valence-corrected chi connectivity index (χ4v) is 4.66. The van der Waals surface area contributed by atoms with Crippen LogP contribution in [0.5, 0.6) is 0 Å². The molecule has 1 saturated carbocycles. The van der Waals surface area contributed by atoms with Gasteiger partial charge in [-0.2, -0.15) is 0 Å². The van der Waals surface area contributed by atoms with Crippen LogP contribution in [0.4, 0.5) is 10.5 Å². The number of hydrogen-bond donors (Lipinski definition) is 5. The third-order valence-corrected chi connectivity index (χ3v) is 6.41. The van der Waals surface area contributed by atoms with E-state index < -0.39 is 6.09 Å². The number of aromatic amines is 1. The van der Waals surface area contributed by atoms with E-state index in [1.165, 1.54) is 0 Å². The molecule has 0 unspecified atom stereocenters. The van der Waals surface area contributed by atoms with Crippen molar-refractivity contribution in [1.29, 1.82) is 0 Å². The molecular weight excluding hydrogens is 476 g/mol. The van der Waals surface area contributed by atoms with Crippen molar-refractivity contribution in [2.45, 2.75) is 65.1 Å². The van der Waals surface area contributed by atoms with Crippen LogP contribution < -0.4 is 21.5 Å². The zero-order valence-electron chi connectivity index (χ0n) is 18.5. The Kier molecular flexibility index (Phi) is 7.60. The van der Waals surface area contributed by atoms with Crippen LogP contribution in [0.3, 0.4) is 0 Å². The minimum atomic E-state index is -0.984. The number of rotatable bonds is 6. The van der Waals surface area contributed by atoms with Gasteiger partial charge in [-0.3, -0.25) is 9.59 Å². The molecule has 2 aromatic rings. The van der Waals surface area contributed by atoms with Crippen molar-refractivity contribution in [1.82, 2.24) is 15.6 Å². The number of nitrogens with one attached hydrogen (secondary N) is 4. The van der Waals surface area contributed by atoms with Gasteiger partial charge in [-0.1, -0.05) is 15.9 Å². The largest absolute Gasteiger partial charge is 0.465 e. The van der Waals surface area contributed by atoms with Crippen molar-refractivity contribution in [3.63, 3.8) is 0 Å². The van der Waals surface area contributed by atoms with E-state index in [0.717, 1.165) is 52.7 Å². The summed E-state index contributed by atoms with van der Waals surface area (Å²) in [6, 6.07) is 5.80. The van der Waals surface area contributed by atoms with Crippen LogP contribution in [-0.2, 0) is 6.54 Å². The third-order valence-electron chi connectivity index (χ3n) is 5.95. The first kappa shape index (κ1) is 23.8. The molecule has 1 aliphatic rings. The molecule has 9 heteroatoms. The molecule has 0 spiro atoms. The van der Waals surface area contributed by atoms with Gasteiger partial charge in [0.15, 0.2) is 0 Å². The zero-order chi connectivity index (χ0) is 23.4. The molecule has 5 N–H and O–H groups in total. The molecule has 0 atom stereocenters. The first-order valence-electron chi connectivity index (χ1n) is 10.7. The van der Waals surface area contributed by atoms with Gasteiger partial charge in [0.2, 0.25) is 0 Å². The van der Waals surface area contributed by atoms with E-state index in [1.807, 2.05) is 32.9 Å². The number of carbonyl (C=O) groups excluding carboxylic acids is 1. The Morgan fingerprint density at radius 1 is 1.09 bits per heavy atom. The second-order valence-electron chi connectivity index (χ2n) is 8.39. The van der Waals surface area contributed by atoms with Gasteiger partial charge in [-0.15, -0.1) is 0 Å². The molecule has 0 aliphatic heterocycles. The van der Waals surface area contributed by atoms with Crippen LogP contribution >= 0.6 is 15.9 Å². The second kappa shape index (κ2) is 10.2. The maximum atomic E-state index is 12.9. The van der Waals surface area contributed by atoms with Gasteiger partial charge in [-0.05, 0) is 75.8 Å². The number of pyridine rings is 1. The second-order valence-corrected chi connectivity index (χ2v) is 9.31. The number of benzene rings is 1. The molecule has 1 aromatic heterocycles. The molecule has 1 heterocycles. The fourth-order valence-electron chi connectivity index (χ4n) is 4.21.